The van der Waals surface area contributed by atoms with Gasteiger partial charge in [0.25, 0.3) is 0 Å². The lowest BCUT2D eigenvalue weighted by Crippen LogP contribution is -2.38. The number of fused-ring (bicyclic) bond motifs is 1. The van der Waals surface area contributed by atoms with Gasteiger partial charge in [0.2, 0.25) is 0 Å². The van der Waals surface area contributed by atoms with Crippen LogP contribution in [-0.2, 0) is 0 Å². The number of allylic oxidation sites excluding steroid dienone is 1. The number of aromatic amines is 1. The zero-order chi connectivity index (χ0) is 19.3. The second-order valence-electron chi connectivity index (χ2n) is 7.51. The van der Waals surface area contributed by atoms with Gasteiger partial charge in [-0.3, -0.25) is 4.79 Å². The molecular formula is C23H26N2O2. The Bertz CT molecular complexity index is 948. The zero-order valence-corrected chi connectivity index (χ0v) is 16.1. The molecule has 0 aliphatic heterocycles. The molecular weight excluding hydrogens is 336 g/mol. The molecule has 0 aliphatic rings. The highest BCUT2D eigenvalue weighted by Gasteiger charge is 2.11. The Morgan fingerprint density at radius 1 is 1.11 bits per heavy atom. The van der Waals surface area contributed by atoms with E-state index in [1.807, 2.05) is 54.7 Å². The minimum Gasteiger partial charge on any atom is -0.491 e. The smallest absolute Gasteiger partial charge is 0.189 e. The first-order valence-electron chi connectivity index (χ1n) is 9.19. The van der Waals surface area contributed by atoms with Gasteiger partial charge >= 0.3 is 0 Å². The Morgan fingerprint density at radius 3 is 2.74 bits per heavy atom. The third kappa shape index (κ3) is 5.08. The number of nitrogens with one attached hydrogen (secondary N) is 2. The number of ether oxygens (including phenoxy) is 1. The van der Waals surface area contributed by atoms with Crippen molar-refractivity contribution in [2.75, 3.05) is 13.2 Å². The first-order chi connectivity index (χ1) is 12.9. The fourth-order valence-electron chi connectivity index (χ4n) is 2.89. The van der Waals surface area contributed by atoms with Crippen LogP contribution in [0.3, 0.4) is 0 Å². The summed E-state index contributed by atoms with van der Waals surface area (Å²) in [6, 6.07) is 15.4. The first-order valence-corrected chi connectivity index (χ1v) is 9.19. The van der Waals surface area contributed by atoms with Crippen molar-refractivity contribution in [1.82, 2.24) is 10.3 Å². The lowest BCUT2D eigenvalue weighted by Gasteiger charge is -2.20. The second kappa shape index (κ2) is 8.23. The molecule has 3 rings (SSSR count). The van der Waals surface area contributed by atoms with Crippen LogP contribution in [0.2, 0.25) is 0 Å². The van der Waals surface area contributed by atoms with Gasteiger partial charge in [0.15, 0.2) is 5.78 Å². The molecule has 0 bridgehead atoms. The monoisotopic (exact) mass is 362 g/mol. The number of rotatable bonds is 7. The highest BCUT2D eigenvalue weighted by atomic mass is 16.5. The minimum atomic E-state index is -0.0677. The third-order valence-electron chi connectivity index (χ3n) is 4.21. The largest absolute Gasteiger partial charge is 0.491 e. The van der Waals surface area contributed by atoms with Crippen LogP contribution in [-0.4, -0.2) is 29.5 Å². The SMILES string of the molecule is CC(C)(C)NCCOc1ccccc1C(=O)C=Cc1cccc2[nH]ccc12. The van der Waals surface area contributed by atoms with Crippen molar-refractivity contribution < 1.29 is 9.53 Å². The van der Waals surface area contributed by atoms with E-state index in [-0.39, 0.29) is 11.3 Å². The maximum atomic E-state index is 12.7. The summed E-state index contributed by atoms with van der Waals surface area (Å²) in [7, 11) is 0. The number of hydrogen-bond acceptors (Lipinski definition) is 3. The molecule has 1 aromatic heterocycles. The predicted octanol–water partition coefficient (Wildman–Crippen LogP) is 4.83. The molecule has 0 amide bonds. The molecule has 0 radical (unpaired) electrons. The van der Waals surface area contributed by atoms with Crippen LogP contribution in [0.15, 0.2) is 60.8 Å². The number of para-hydroxylation sites is 1. The molecule has 4 heteroatoms. The van der Waals surface area contributed by atoms with Gasteiger partial charge < -0.3 is 15.0 Å². The summed E-state index contributed by atoms with van der Waals surface area (Å²) in [4.78, 5) is 15.9. The summed E-state index contributed by atoms with van der Waals surface area (Å²) in [5.41, 5.74) is 2.68. The summed E-state index contributed by atoms with van der Waals surface area (Å²) in [6.07, 6.45) is 5.37. The van der Waals surface area contributed by atoms with E-state index >= 15 is 0 Å². The molecule has 4 nitrogen and oxygen atoms in total. The van der Waals surface area contributed by atoms with E-state index in [0.29, 0.717) is 17.9 Å². The molecule has 27 heavy (non-hydrogen) atoms. The van der Waals surface area contributed by atoms with Gasteiger partial charge in [-0.15, -0.1) is 0 Å². The minimum absolute atomic E-state index is 0.0423. The Morgan fingerprint density at radius 2 is 1.93 bits per heavy atom. The summed E-state index contributed by atoms with van der Waals surface area (Å²) in [5, 5.41) is 4.47. The highest BCUT2D eigenvalue weighted by Crippen LogP contribution is 2.21. The molecule has 1 heterocycles. The van der Waals surface area contributed by atoms with Gasteiger partial charge in [-0.1, -0.05) is 30.3 Å². The average molecular weight is 362 g/mol. The highest BCUT2D eigenvalue weighted by molar-refractivity contribution is 6.09. The van der Waals surface area contributed by atoms with Crippen LogP contribution >= 0.6 is 0 Å². The van der Waals surface area contributed by atoms with Gasteiger partial charge in [-0.25, -0.2) is 0 Å². The lowest BCUT2D eigenvalue weighted by molar-refractivity contribution is 0.104. The Kier molecular flexibility index (Phi) is 5.77. The van der Waals surface area contributed by atoms with Crippen molar-refractivity contribution in [2.24, 2.45) is 0 Å². The van der Waals surface area contributed by atoms with Crippen LogP contribution in [0.1, 0.15) is 36.7 Å². The fraction of sp³-hybridized carbons (Fsp3) is 0.261. The van der Waals surface area contributed by atoms with E-state index in [1.165, 1.54) is 0 Å². The predicted molar refractivity (Wildman–Crippen MR) is 111 cm³/mol. The Balaban J connectivity index is 1.70. The number of aromatic nitrogens is 1. The molecule has 0 unspecified atom stereocenters. The standard InChI is InChI=1S/C23H26N2O2/c1-23(2,3)25-15-16-27-22-10-5-4-8-19(22)21(26)12-11-17-7-6-9-20-18(17)13-14-24-20/h4-14,24-25H,15-16H2,1-3H3. The van der Waals surface area contributed by atoms with E-state index in [0.717, 1.165) is 23.0 Å². The quantitative estimate of drug-likeness (QED) is 0.359. The van der Waals surface area contributed by atoms with E-state index in [1.54, 1.807) is 12.1 Å². The van der Waals surface area contributed by atoms with Crippen LogP contribution in [0.5, 0.6) is 5.75 Å². The molecule has 2 aromatic carbocycles. The maximum absolute atomic E-state index is 12.7. The van der Waals surface area contributed by atoms with Gasteiger partial charge in [-0.05, 0) is 56.7 Å². The van der Waals surface area contributed by atoms with Crippen molar-refractivity contribution >= 4 is 22.8 Å². The van der Waals surface area contributed by atoms with Crippen LogP contribution < -0.4 is 10.1 Å². The summed E-state index contributed by atoms with van der Waals surface area (Å²) in [5.74, 6) is 0.546. The van der Waals surface area contributed by atoms with Gasteiger partial charge in [0, 0.05) is 29.2 Å². The van der Waals surface area contributed by atoms with E-state index < -0.39 is 0 Å². The fourth-order valence-corrected chi connectivity index (χ4v) is 2.89. The summed E-state index contributed by atoms with van der Waals surface area (Å²) < 4.78 is 5.84. The van der Waals surface area contributed by atoms with Crippen LogP contribution in [0.25, 0.3) is 17.0 Å². The number of ketones is 1. The molecule has 0 atom stereocenters. The van der Waals surface area contributed by atoms with E-state index in [9.17, 15) is 4.79 Å². The maximum Gasteiger partial charge on any atom is 0.189 e. The molecule has 140 valence electrons. The molecule has 0 aliphatic carbocycles. The van der Waals surface area contributed by atoms with Crippen molar-refractivity contribution in [2.45, 2.75) is 26.3 Å². The second-order valence-corrected chi connectivity index (χ2v) is 7.51. The van der Waals surface area contributed by atoms with Crippen molar-refractivity contribution in [3.05, 3.63) is 71.9 Å². The third-order valence-corrected chi connectivity index (χ3v) is 4.21. The molecule has 0 saturated carbocycles. The zero-order valence-electron chi connectivity index (χ0n) is 16.1. The van der Waals surface area contributed by atoms with Crippen LogP contribution in [0, 0.1) is 0 Å². The Labute approximate surface area is 160 Å². The average Bonchev–Trinajstić information content (AvgIpc) is 3.12. The first kappa shape index (κ1) is 18.9. The normalized spacial score (nSPS) is 12.0. The van der Waals surface area contributed by atoms with Gasteiger partial charge in [0.1, 0.15) is 12.4 Å². The number of benzene rings is 2. The summed E-state index contributed by atoms with van der Waals surface area (Å²) in [6.45, 7) is 7.56. The number of H-pyrrole nitrogens is 1. The topological polar surface area (TPSA) is 54.1 Å². The van der Waals surface area contributed by atoms with Gasteiger partial charge in [-0.2, -0.15) is 0 Å². The Hall–Kier alpha value is -2.85. The van der Waals surface area contributed by atoms with E-state index in [4.69, 9.17) is 4.74 Å². The molecule has 3 aromatic rings. The lowest BCUT2D eigenvalue weighted by atomic mass is 10.1. The number of hydrogen-bond donors (Lipinski definition) is 2. The summed E-state index contributed by atoms with van der Waals surface area (Å²) >= 11 is 0. The van der Waals surface area contributed by atoms with Crippen molar-refractivity contribution in [3.63, 3.8) is 0 Å². The van der Waals surface area contributed by atoms with Crippen LogP contribution in [0.4, 0.5) is 0 Å². The van der Waals surface area contributed by atoms with Crippen molar-refractivity contribution in [3.8, 4) is 5.75 Å². The molecule has 0 saturated heterocycles. The van der Waals surface area contributed by atoms with E-state index in [2.05, 4.69) is 31.1 Å². The van der Waals surface area contributed by atoms with Crippen molar-refractivity contribution in [1.29, 1.82) is 0 Å². The molecule has 0 spiro atoms. The molecule has 2 N–H and O–H groups in total. The molecule has 0 fully saturated rings. The number of carbonyl (C=O) groups is 1. The van der Waals surface area contributed by atoms with Gasteiger partial charge in [0.05, 0.1) is 5.56 Å². The number of carbonyl (C=O) groups excluding carboxylic acids is 1.